The highest BCUT2D eigenvalue weighted by molar-refractivity contribution is 6.66. The van der Waals surface area contributed by atoms with E-state index < -0.39 is 40.4 Å². The second-order valence-electron chi connectivity index (χ2n) is 5.37. The topological polar surface area (TPSA) is 15.6 Å². The van der Waals surface area contributed by atoms with Crippen LogP contribution in [-0.4, -0.2) is 33.6 Å². The molecule has 0 unspecified atom stereocenters. The lowest BCUT2D eigenvalue weighted by molar-refractivity contribution is -0.277. The fourth-order valence-electron chi connectivity index (χ4n) is 3.54. The van der Waals surface area contributed by atoms with E-state index in [0.29, 0.717) is 6.42 Å². The van der Waals surface area contributed by atoms with Gasteiger partial charge < -0.3 is 0 Å². The molecule has 0 aromatic rings. The van der Waals surface area contributed by atoms with Crippen molar-refractivity contribution in [1.29, 1.82) is 0 Å². The summed E-state index contributed by atoms with van der Waals surface area (Å²) in [4.78, 5) is -2.94. The average molecular weight is 353 g/mol. The van der Waals surface area contributed by atoms with Crippen molar-refractivity contribution in [3.05, 3.63) is 12.2 Å². The zero-order valence-electron chi connectivity index (χ0n) is 10.1. The fraction of sp³-hybridized carbons (Fsp3) is 0.727. The smallest absolute Gasteiger partial charge is 0.261 e. The minimum Gasteiger partial charge on any atom is -0.261 e. The van der Waals surface area contributed by atoms with E-state index in [0.717, 1.165) is 0 Å². The van der Waals surface area contributed by atoms with Crippen LogP contribution >= 0.6 is 23.2 Å². The molecule has 10 heteroatoms. The molecular formula is C11H8Cl2F6N2. The molecule has 0 N–H and O–H groups in total. The van der Waals surface area contributed by atoms with E-state index >= 15 is 0 Å². The van der Waals surface area contributed by atoms with Gasteiger partial charge in [0.25, 0.3) is 0 Å². The summed E-state index contributed by atoms with van der Waals surface area (Å²) < 4.78 is 77.0. The molecule has 5 atom stereocenters. The van der Waals surface area contributed by atoms with Crippen molar-refractivity contribution in [2.75, 3.05) is 0 Å². The van der Waals surface area contributed by atoms with Crippen LogP contribution in [0.25, 0.3) is 0 Å². The van der Waals surface area contributed by atoms with Gasteiger partial charge in [0.05, 0.1) is 6.04 Å². The number of hydrazone groups is 1. The SMILES string of the molecule is FC(F)(F)/C(Cl)=N/N1[C@@H]2[C@@H]([C@H]3C=C[C@@H]2C3)[C@@]1(Cl)C(F)(F)F. The molecule has 0 spiro atoms. The molecule has 2 nitrogen and oxygen atoms in total. The molecule has 3 rings (SSSR count). The van der Waals surface area contributed by atoms with Crippen LogP contribution in [0.5, 0.6) is 0 Å². The van der Waals surface area contributed by atoms with E-state index in [9.17, 15) is 26.3 Å². The Bertz CT molecular complexity index is 528. The van der Waals surface area contributed by atoms with Crippen LogP contribution < -0.4 is 0 Å². The van der Waals surface area contributed by atoms with Gasteiger partial charge in [-0.2, -0.15) is 31.4 Å². The minimum atomic E-state index is -5.01. The molecule has 1 aliphatic heterocycles. The van der Waals surface area contributed by atoms with E-state index in [2.05, 4.69) is 5.10 Å². The van der Waals surface area contributed by atoms with Crippen molar-refractivity contribution < 1.29 is 26.3 Å². The summed E-state index contributed by atoms with van der Waals surface area (Å²) in [6.07, 6.45) is -6.15. The number of hydrogen-bond acceptors (Lipinski definition) is 2. The summed E-state index contributed by atoms with van der Waals surface area (Å²) in [7, 11) is 0. The lowest BCUT2D eigenvalue weighted by Gasteiger charge is -2.59. The first-order chi connectivity index (χ1) is 9.48. The Balaban J connectivity index is 2.00. The van der Waals surface area contributed by atoms with E-state index in [1.165, 1.54) is 0 Å². The van der Waals surface area contributed by atoms with Gasteiger partial charge in [0.1, 0.15) is 0 Å². The Morgan fingerprint density at radius 3 is 2.24 bits per heavy atom. The molecule has 2 aliphatic carbocycles. The highest BCUT2D eigenvalue weighted by Gasteiger charge is 2.78. The second-order valence-corrected chi connectivity index (χ2v) is 6.30. The third-order valence-corrected chi connectivity index (χ3v) is 5.23. The van der Waals surface area contributed by atoms with Crippen LogP contribution in [-0.2, 0) is 0 Å². The highest BCUT2D eigenvalue weighted by atomic mass is 35.5. The summed E-state index contributed by atoms with van der Waals surface area (Å²) in [6.45, 7) is 0. The summed E-state index contributed by atoms with van der Waals surface area (Å²) in [5, 5.41) is 1.36. The van der Waals surface area contributed by atoms with Gasteiger partial charge in [-0.25, -0.2) is 0 Å². The first-order valence-corrected chi connectivity index (χ1v) is 6.78. The molecule has 2 bridgehead atoms. The van der Waals surface area contributed by atoms with Crippen molar-refractivity contribution >= 4 is 28.4 Å². The first kappa shape index (κ1) is 15.3. The second kappa shape index (κ2) is 4.22. The van der Waals surface area contributed by atoms with Gasteiger partial charge in [0, 0.05) is 5.92 Å². The van der Waals surface area contributed by atoms with Crippen LogP contribution in [0.1, 0.15) is 6.42 Å². The molecule has 1 saturated carbocycles. The molecular weight excluding hydrogens is 345 g/mol. The number of halogens is 8. The molecule has 0 aromatic heterocycles. The van der Waals surface area contributed by atoms with Gasteiger partial charge in [-0.05, 0) is 18.3 Å². The number of rotatable bonds is 1. The quantitative estimate of drug-likeness (QED) is 0.228. The Morgan fingerprint density at radius 1 is 1.14 bits per heavy atom. The number of alkyl halides is 7. The maximum Gasteiger partial charge on any atom is 0.446 e. The zero-order valence-corrected chi connectivity index (χ0v) is 11.6. The largest absolute Gasteiger partial charge is 0.446 e. The Morgan fingerprint density at radius 2 is 1.71 bits per heavy atom. The molecule has 1 saturated heterocycles. The predicted molar refractivity (Wildman–Crippen MR) is 63.8 cm³/mol. The van der Waals surface area contributed by atoms with Crippen LogP contribution in [0.2, 0.25) is 0 Å². The molecule has 2 fully saturated rings. The van der Waals surface area contributed by atoms with Crippen LogP contribution in [0.3, 0.4) is 0 Å². The molecule has 21 heavy (non-hydrogen) atoms. The number of nitrogens with zero attached hydrogens (tertiary/aromatic N) is 2. The monoisotopic (exact) mass is 352 g/mol. The summed E-state index contributed by atoms with van der Waals surface area (Å²) >= 11 is 10.6. The van der Waals surface area contributed by atoms with Crippen molar-refractivity contribution in [3.63, 3.8) is 0 Å². The molecule has 0 radical (unpaired) electrons. The van der Waals surface area contributed by atoms with Crippen molar-refractivity contribution in [2.45, 2.75) is 29.8 Å². The number of allylic oxidation sites excluding steroid dienone is 1. The van der Waals surface area contributed by atoms with E-state index in [1.807, 2.05) is 0 Å². The Labute approximate surface area is 125 Å². The zero-order chi connectivity index (χ0) is 15.8. The van der Waals surface area contributed by atoms with Gasteiger partial charge >= 0.3 is 12.4 Å². The molecule has 3 aliphatic rings. The van der Waals surface area contributed by atoms with Gasteiger partial charge in [0.2, 0.25) is 10.2 Å². The maximum atomic E-state index is 13.3. The Kier molecular flexibility index (Phi) is 3.07. The van der Waals surface area contributed by atoms with Crippen molar-refractivity contribution in [1.82, 2.24) is 5.01 Å². The molecule has 118 valence electrons. The summed E-state index contributed by atoms with van der Waals surface area (Å²) in [5.41, 5.74) is 0. The number of fused-ring (bicyclic) bond motifs is 5. The third kappa shape index (κ3) is 1.91. The Hall–Kier alpha value is -0.630. The maximum absolute atomic E-state index is 13.3. The minimum absolute atomic E-state index is 0.281. The standard InChI is InChI=1S/C11H8Cl2F6N2/c12-8(10(14,15)16)20-21-7-5-2-1-4(3-5)6(7)9(21,13)11(17,18)19/h1-2,4-7H,3H2/b20-8-/t4-,5+,6+,7-,9-/m0/s1. The van der Waals surface area contributed by atoms with Gasteiger partial charge in [0.15, 0.2) is 0 Å². The summed E-state index contributed by atoms with van der Waals surface area (Å²) in [5.74, 6) is -1.68. The van der Waals surface area contributed by atoms with Crippen LogP contribution in [0.15, 0.2) is 17.3 Å². The first-order valence-electron chi connectivity index (χ1n) is 6.02. The lowest BCUT2D eigenvalue weighted by atomic mass is 9.73. The van der Waals surface area contributed by atoms with E-state index in [1.54, 1.807) is 12.2 Å². The molecule has 0 aromatic carbocycles. The fourth-order valence-corrected chi connectivity index (χ4v) is 4.06. The van der Waals surface area contributed by atoms with Gasteiger partial charge in [-0.1, -0.05) is 35.4 Å². The van der Waals surface area contributed by atoms with Gasteiger partial charge in [-0.3, -0.25) is 5.01 Å². The number of hydrogen-bond donors (Lipinski definition) is 0. The van der Waals surface area contributed by atoms with Crippen LogP contribution in [0, 0.1) is 17.8 Å². The van der Waals surface area contributed by atoms with Crippen molar-refractivity contribution in [2.24, 2.45) is 22.9 Å². The van der Waals surface area contributed by atoms with Gasteiger partial charge in [-0.15, -0.1) is 0 Å². The van der Waals surface area contributed by atoms with Crippen molar-refractivity contribution in [3.8, 4) is 0 Å². The highest BCUT2D eigenvalue weighted by Crippen LogP contribution is 2.66. The third-order valence-electron chi connectivity index (χ3n) is 4.30. The molecule has 0 amide bonds. The lowest BCUT2D eigenvalue weighted by Crippen LogP contribution is -2.75. The van der Waals surface area contributed by atoms with Crippen LogP contribution in [0.4, 0.5) is 26.3 Å². The average Bonchev–Trinajstić information content (AvgIpc) is 2.90. The summed E-state index contributed by atoms with van der Waals surface area (Å²) in [6, 6.07) is -0.796. The predicted octanol–water partition coefficient (Wildman–Crippen LogP) is 4.10. The van der Waals surface area contributed by atoms with E-state index in [4.69, 9.17) is 23.2 Å². The normalized spacial score (nSPS) is 42.3. The molecule has 1 heterocycles. The van der Waals surface area contributed by atoms with E-state index in [-0.39, 0.29) is 10.9 Å².